The Morgan fingerprint density at radius 3 is 1.07 bits per heavy atom. The number of carbonyl (C=O) groups is 5. The minimum atomic E-state index is -0.681. The van der Waals surface area contributed by atoms with Crippen LogP contribution in [0.15, 0.2) is 97.3 Å². The van der Waals surface area contributed by atoms with E-state index in [1.807, 2.05) is 185 Å². The van der Waals surface area contributed by atoms with Gasteiger partial charge in [0.05, 0.1) is 96.9 Å². The third kappa shape index (κ3) is 36.2. The number of nitrogens with zero attached hydrogens (tertiary/aromatic N) is 11. The van der Waals surface area contributed by atoms with Gasteiger partial charge in [0.2, 0.25) is 0 Å². The lowest BCUT2D eigenvalue weighted by Crippen LogP contribution is -2.60. The van der Waals surface area contributed by atoms with Gasteiger partial charge >= 0.3 is 42.1 Å². The second-order valence-corrected chi connectivity index (χ2v) is 38.4. The first-order valence-electron chi connectivity index (χ1n) is 41.7. The van der Waals surface area contributed by atoms with E-state index in [0.29, 0.717) is 46.1 Å². The van der Waals surface area contributed by atoms with Gasteiger partial charge in [-0.05, 0) is 216 Å². The van der Waals surface area contributed by atoms with E-state index < -0.39 is 83.6 Å². The van der Waals surface area contributed by atoms with Crippen LogP contribution in [0.4, 0.5) is 45.7 Å². The number of hydrogen-bond donors (Lipinski definition) is 3. The predicted molar refractivity (Wildman–Crippen MR) is 468 cm³/mol. The number of amides is 5. The molecule has 5 fully saturated rings. The lowest BCUT2D eigenvalue weighted by atomic mass is 9.94. The number of aromatic nitrogens is 2. The zero-order chi connectivity index (χ0) is 92.4. The minimum Gasteiger partial charge on any atom is -0.444 e. The number of pyridine rings is 2. The minimum absolute atomic E-state index is 0.0243. The van der Waals surface area contributed by atoms with Crippen LogP contribution in [0.5, 0.6) is 0 Å². The van der Waals surface area contributed by atoms with Crippen LogP contribution in [0.1, 0.15) is 184 Å². The number of halogens is 1. The smallest absolute Gasteiger partial charge is 0.410 e. The second-order valence-electron chi connectivity index (χ2n) is 38.4. The quantitative estimate of drug-likeness (QED) is 0.0502. The normalized spacial score (nSPS) is 19.0. The molecule has 34 heteroatoms. The highest BCUT2D eigenvalue weighted by Crippen LogP contribution is 2.32. The fourth-order valence-electron chi connectivity index (χ4n) is 12.5. The van der Waals surface area contributed by atoms with Crippen LogP contribution in [0, 0.1) is 26.0 Å². The highest BCUT2D eigenvalue weighted by atomic mass is 19.1. The maximum absolute atomic E-state index is 12.5. The van der Waals surface area contributed by atoms with Crippen molar-refractivity contribution in [1.29, 1.82) is 0 Å². The van der Waals surface area contributed by atoms with E-state index in [-0.39, 0.29) is 60.4 Å². The molecule has 5 saturated heterocycles. The van der Waals surface area contributed by atoms with Crippen LogP contribution in [-0.4, -0.2) is 293 Å². The van der Waals surface area contributed by atoms with Gasteiger partial charge in [-0.2, -0.15) is 0 Å². The summed E-state index contributed by atoms with van der Waals surface area (Å²) >= 11 is 0. The maximum Gasteiger partial charge on any atom is 0.410 e. The number of likely N-dealkylation sites (N-methyl/N-ethyl adjacent to an activating group) is 4. The van der Waals surface area contributed by atoms with E-state index in [2.05, 4.69) is 89.1 Å². The van der Waals surface area contributed by atoms with Gasteiger partial charge in [0.15, 0.2) is 18.2 Å². The highest BCUT2D eigenvalue weighted by Gasteiger charge is 2.46. The topological polar surface area (TPSA) is 348 Å². The molecule has 122 heavy (non-hydrogen) atoms. The van der Waals surface area contributed by atoms with Crippen molar-refractivity contribution in [3.8, 4) is 0 Å². The summed E-state index contributed by atoms with van der Waals surface area (Å²) in [6.45, 7) is 60.5. The second kappa shape index (κ2) is 45.8. The number of alkyl carbamates (subject to hydrolysis) is 1. The Labute approximate surface area is 724 Å². The molecule has 33 nitrogen and oxygen atoms in total. The van der Waals surface area contributed by atoms with Crippen LogP contribution < -0.4 is 20.9 Å². The number of rotatable bonds is 17. The van der Waals surface area contributed by atoms with E-state index >= 15 is 0 Å². The average molecular weight is 1720 g/mol. The molecule has 3 N–H and O–H groups in total. The van der Waals surface area contributed by atoms with E-state index in [1.165, 1.54) is 23.4 Å². The molecule has 5 unspecified atom stereocenters. The molecule has 4 aromatic rings. The number of hydrogen-bond acceptors (Lipinski definition) is 26. The van der Waals surface area contributed by atoms with Crippen LogP contribution in [0.25, 0.3) is 0 Å². The summed E-state index contributed by atoms with van der Waals surface area (Å²) in [5.74, 6) is -1.11. The van der Waals surface area contributed by atoms with Gasteiger partial charge in [-0.25, -0.2) is 28.4 Å². The highest BCUT2D eigenvalue weighted by molar-refractivity contribution is 5.71. The summed E-state index contributed by atoms with van der Waals surface area (Å²) < 4.78 is 68.5. The van der Waals surface area contributed by atoms with Crippen molar-refractivity contribution in [2.24, 2.45) is 0 Å². The van der Waals surface area contributed by atoms with Crippen LogP contribution in [-0.2, 0) is 60.5 Å². The van der Waals surface area contributed by atoms with Gasteiger partial charge < -0.3 is 108 Å². The lowest BCUT2D eigenvalue weighted by molar-refractivity contribution is -0.389. The van der Waals surface area contributed by atoms with Gasteiger partial charge in [0.25, 0.3) is 0 Å². The first-order valence-corrected chi connectivity index (χ1v) is 41.7. The predicted octanol–water partition coefficient (Wildman–Crippen LogP) is 13.9. The molecule has 0 spiro atoms. The molecule has 2 aromatic heterocycles. The summed E-state index contributed by atoms with van der Waals surface area (Å²) in [4.78, 5) is 101. The number of nitrogens with one attached hydrogen (secondary N) is 3. The number of anilines is 1. The van der Waals surface area contributed by atoms with Crippen molar-refractivity contribution in [3.05, 3.63) is 134 Å². The molecule has 0 bridgehead atoms. The molecule has 688 valence electrons. The Bertz CT molecular complexity index is 3820. The largest absolute Gasteiger partial charge is 0.444 e. The van der Waals surface area contributed by atoms with Gasteiger partial charge in [-0.15, -0.1) is 0 Å². The molecule has 9 rings (SSSR count). The van der Waals surface area contributed by atoms with Crippen molar-refractivity contribution in [2.75, 3.05) is 132 Å². The van der Waals surface area contributed by atoms with Crippen LogP contribution in [0.3, 0.4) is 0 Å². The summed E-state index contributed by atoms with van der Waals surface area (Å²) in [7, 11) is 7.00. The van der Waals surface area contributed by atoms with Crippen LogP contribution in [0.2, 0.25) is 0 Å². The first kappa shape index (κ1) is 106. The summed E-state index contributed by atoms with van der Waals surface area (Å²) in [5, 5.41) is 30.2. The third-order valence-electron chi connectivity index (χ3n) is 20.8. The zero-order valence-corrected chi connectivity index (χ0v) is 78.2. The van der Waals surface area contributed by atoms with E-state index in [0.717, 1.165) is 89.5 Å². The Morgan fingerprint density at radius 2 is 0.754 bits per heavy atom. The van der Waals surface area contributed by atoms with Crippen molar-refractivity contribution in [3.63, 3.8) is 0 Å². The van der Waals surface area contributed by atoms with E-state index in [4.69, 9.17) is 47.4 Å². The van der Waals surface area contributed by atoms with Gasteiger partial charge in [-0.3, -0.25) is 9.80 Å². The Kier molecular flexibility index (Phi) is 39.6. The van der Waals surface area contributed by atoms with E-state index in [9.17, 15) is 48.6 Å². The fourth-order valence-corrected chi connectivity index (χ4v) is 12.5. The number of nitro groups is 2. The summed E-state index contributed by atoms with van der Waals surface area (Å²) in [5.41, 5.74) is -1.58. The fraction of sp³-hybridized carbons (Fsp3) is 0.693. The van der Waals surface area contributed by atoms with Crippen molar-refractivity contribution in [1.82, 2.24) is 55.3 Å². The van der Waals surface area contributed by atoms with Crippen molar-refractivity contribution in [2.45, 2.75) is 272 Å². The van der Waals surface area contributed by atoms with E-state index in [1.54, 1.807) is 53.9 Å². The molecule has 0 radical (unpaired) electrons. The molecule has 5 aliphatic heterocycles. The molecular formula is C88H145FN14O19. The maximum atomic E-state index is 12.5. The van der Waals surface area contributed by atoms with Crippen LogP contribution >= 0.6 is 0 Å². The van der Waals surface area contributed by atoms with Crippen molar-refractivity contribution < 1.29 is 85.6 Å². The number of morpholine rings is 5. The van der Waals surface area contributed by atoms with Gasteiger partial charge in [-0.1, -0.05) is 60.7 Å². The number of carbonyl (C=O) groups excluding carboxylic acids is 5. The molecular weight excluding hydrogens is 1580 g/mol. The Hall–Kier alpha value is -8.74. The molecule has 0 saturated carbocycles. The monoisotopic (exact) mass is 1720 g/mol. The van der Waals surface area contributed by atoms with Gasteiger partial charge in [0, 0.05) is 119 Å². The lowest BCUT2D eigenvalue weighted by Gasteiger charge is -2.46. The standard InChI is InChI=1S/C20H32N2O3.C19H30N2O3.C18H28N4O5.2C13H26N2O3.C5H3FN2O2/c1-19(2,3)25-18(23)21(6)20(4,5)17-15-22(12-13-24-17)14-16-10-8-7-9-11-16;1-18(2,3)24-17(22)20-19(4,5)16-14-21(11-12-23-16)13-15-9-7-6-8-10-15;1-17(2,3)27-16(23)20(6)18(4,5)14-12-21(9-10-26-14)13-7-8-15(19-11-13)22(24)25;2*1-12(2,3)18-11(16)15(6)13(4,5)10-9-14-7-8-17-10;6-4-1-2-5(7-3-4)8(9)10/h7-11,17H,12-15H2,1-6H3;6-10,16H,11-14H2,1-5H3,(H,20,22);7-8,11,14H,9-10,12H2,1-6H3;2*10,14H,7-9H2,1-6H3;1-3H. The average Bonchev–Trinajstić information content (AvgIpc) is 0.879. The van der Waals surface area contributed by atoms with Crippen molar-refractivity contribution >= 4 is 47.8 Å². The zero-order valence-electron chi connectivity index (χ0n) is 78.2. The molecule has 5 amide bonds. The molecule has 5 aliphatic rings. The molecule has 7 heterocycles. The number of benzene rings is 2. The summed E-state index contributed by atoms with van der Waals surface area (Å²) in [6, 6.07) is 25.9. The third-order valence-corrected chi connectivity index (χ3v) is 20.8. The Balaban J connectivity index is 0.000000313. The number of ether oxygens (including phenoxy) is 10. The Morgan fingerprint density at radius 1 is 0.434 bits per heavy atom. The molecule has 5 atom stereocenters. The molecule has 0 aliphatic carbocycles. The molecule has 2 aromatic carbocycles. The first-order chi connectivity index (χ1) is 56.1. The van der Waals surface area contributed by atoms with Gasteiger partial charge in [0.1, 0.15) is 28.0 Å². The summed E-state index contributed by atoms with van der Waals surface area (Å²) in [6.07, 6.45) is 0.0612. The SMILES string of the molecule is CC(C)(C)OC(=O)NC(C)(C)C1CN(Cc2ccccc2)CCO1.CN(C(=O)OC(C)(C)C)C(C)(C)C1CN(Cc2ccccc2)CCO1.CN(C(=O)OC(C)(C)C)C(C)(C)C1CN(c2ccc([N+](=O)[O-])nc2)CCO1.CN(C(=O)OC(C)(C)C)C(C)(C)C1CNCCO1.CN(C(=O)OC(C)(C)C)C(C)(C)C1CNCCO1.O=[N+]([O-])c1ccc(F)cn1.